The van der Waals surface area contributed by atoms with E-state index in [2.05, 4.69) is 10.6 Å². The molecule has 2 fully saturated rings. The fraction of sp³-hybridized carbons (Fsp3) is 1.00. The van der Waals surface area contributed by atoms with E-state index in [9.17, 15) is 0 Å². The molecule has 76 valence electrons. The van der Waals surface area contributed by atoms with Gasteiger partial charge in [0.05, 0.1) is 6.10 Å². The predicted octanol–water partition coefficient (Wildman–Crippen LogP) is 0.505. The summed E-state index contributed by atoms with van der Waals surface area (Å²) in [6.07, 6.45) is 5.48. The second-order valence-electron chi connectivity index (χ2n) is 4.15. The van der Waals surface area contributed by atoms with Crippen LogP contribution in [0.2, 0.25) is 0 Å². The van der Waals surface area contributed by atoms with Crippen molar-refractivity contribution in [3.63, 3.8) is 0 Å². The molecular formula is C10H20N2O. The minimum absolute atomic E-state index is 0.480. The Morgan fingerprint density at radius 2 is 1.92 bits per heavy atom. The zero-order chi connectivity index (χ0) is 9.10. The van der Waals surface area contributed by atoms with Gasteiger partial charge in [0.2, 0.25) is 0 Å². The van der Waals surface area contributed by atoms with E-state index in [1.807, 2.05) is 7.11 Å². The maximum atomic E-state index is 5.41. The van der Waals surface area contributed by atoms with Gasteiger partial charge in [-0.3, -0.25) is 0 Å². The topological polar surface area (TPSA) is 33.3 Å². The molecule has 0 radical (unpaired) electrons. The van der Waals surface area contributed by atoms with Crippen LogP contribution < -0.4 is 10.6 Å². The highest BCUT2D eigenvalue weighted by molar-refractivity contribution is 4.90. The first-order chi connectivity index (χ1) is 6.40. The van der Waals surface area contributed by atoms with Crippen LogP contribution in [-0.2, 0) is 4.74 Å². The van der Waals surface area contributed by atoms with Crippen LogP contribution in [0.25, 0.3) is 0 Å². The van der Waals surface area contributed by atoms with Crippen molar-refractivity contribution < 1.29 is 4.74 Å². The van der Waals surface area contributed by atoms with Gasteiger partial charge < -0.3 is 15.4 Å². The van der Waals surface area contributed by atoms with E-state index in [4.69, 9.17) is 4.74 Å². The molecule has 2 rings (SSSR count). The third-order valence-corrected chi connectivity index (χ3v) is 3.31. The maximum Gasteiger partial charge on any atom is 0.0598 e. The molecule has 3 heteroatoms. The van der Waals surface area contributed by atoms with Crippen LogP contribution >= 0.6 is 0 Å². The summed E-state index contributed by atoms with van der Waals surface area (Å²) >= 11 is 0. The van der Waals surface area contributed by atoms with Crippen LogP contribution in [0.3, 0.4) is 0 Å². The molecule has 2 aliphatic rings. The molecule has 0 amide bonds. The highest BCUT2D eigenvalue weighted by atomic mass is 16.5. The van der Waals surface area contributed by atoms with Crippen molar-refractivity contribution >= 4 is 0 Å². The molecule has 13 heavy (non-hydrogen) atoms. The molecular weight excluding hydrogens is 164 g/mol. The SMILES string of the molecule is COC1CCNC(C2CCCN2)C1. The van der Waals surface area contributed by atoms with Crippen molar-refractivity contribution in [2.45, 2.75) is 43.9 Å². The molecule has 0 aromatic heterocycles. The molecule has 2 heterocycles. The van der Waals surface area contributed by atoms with Crippen molar-refractivity contribution in [2.24, 2.45) is 0 Å². The van der Waals surface area contributed by atoms with Gasteiger partial charge in [-0.05, 0) is 38.8 Å². The van der Waals surface area contributed by atoms with Gasteiger partial charge in [0, 0.05) is 19.2 Å². The number of piperidine rings is 1. The number of ether oxygens (including phenoxy) is 1. The van der Waals surface area contributed by atoms with Crippen LogP contribution in [0.4, 0.5) is 0 Å². The Morgan fingerprint density at radius 3 is 2.62 bits per heavy atom. The third kappa shape index (κ3) is 2.22. The van der Waals surface area contributed by atoms with Gasteiger partial charge in [-0.2, -0.15) is 0 Å². The van der Waals surface area contributed by atoms with E-state index >= 15 is 0 Å². The van der Waals surface area contributed by atoms with E-state index in [-0.39, 0.29) is 0 Å². The summed E-state index contributed by atoms with van der Waals surface area (Å²) in [6.45, 7) is 2.31. The van der Waals surface area contributed by atoms with E-state index in [0.717, 1.165) is 6.54 Å². The molecule has 0 aromatic carbocycles. The van der Waals surface area contributed by atoms with Gasteiger partial charge in [0.15, 0.2) is 0 Å². The molecule has 3 atom stereocenters. The first-order valence-electron chi connectivity index (χ1n) is 5.39. The molecule has 3 unspecified atom stereocenters. The van der Waals surface area contributed by atoms with Crippen molar-refractivity contribution in [3.05, 3.63) is 0 Å². The van der Waals surface area contributed by atoms with Crippen molar-refractivity contribution in [1.82, 2.24) is 10.6 Å². The molecule has 0 spiro atoms. The zero-order valence-corrected chi connectivity index (χ0v) is 8.38. The van der Waals surface area contributed by atoms with Crippen LogP contribution in [0, 0.1) is 0 Å². The van der Waals surface area contributed by atoms with E-state index in [1.54, 1.807) is 0 Å². The van der Waals surface area contributed by atoms with Crippen molar-refractivity contribution in [1.29, 1.82) is 0 Å². The summed E-state index contributed by atoms with van der Waals surface area (Å²) in [5, 5.41) is 7.14. The molecule has 3 nitrogen and oxygen atoms in total. The molecule has 2 aliphatic heterocycles. The van der Waals surface area contributed by atoms with Gasteiger partial charge in [-0.1, -0.05) is 0 Å². The number of hydrogen-bond acceptors (Lipinski definition) is 3. The summed E-state index contributed by atoms with van der Waals surface area (Å²) in [7, 11) is 1.83. The first-order valence-corrected chi connectivity index (χ1v) is 5.39. The Morgan fingerprint density at radius 1 is 1.08 bits per heavy atom. The van der Waals surface area contributed by atoms with Gasteiger partial charge in [-0.15, -0.1) is 0 Å². The molecule has 0 bridgehead atoms. The lowest BCUT2D eigenvalue weighted by Gasteiger charge is -2.33. The van der Waals surface area contributed by atoms with Gasteiger partial charge >= 0.3 is 0 Å². The number of nitrogens with one attached hydrogen (secondary N) is 2. The second-order valence-corrected chi connectivity index (χ2v) is 4.15. The minimum Gasteiger partial charge on any atom is -0.381 e. The quantitative estimate of drug-likeness (QED) is 0.656. The first kappa shape index (κ1) is 9.44. The summed E-state index contributed by atoms with van der Waals surface area (Å²) in [4.78, 5) is 0. The summed E-state index contributed by atoms with van der Waals surface area (Å²) in [5.74, 6) is 0. The molecule has 2 saturated heterocycles. The zero-order valence-electron chi connectivity index (χ0n) is 8.38. The number of rotatable bonds is 2. The smallest absolute Gasteiger partial charge is 0.0598 e. The summed E-state index contributed by atoms with van der Waals surface area (Å²) in [6, 6.07) is 1.33. The molecule has 2 N–H and O–H groups in total. The van der Waals surface area contributed by atoms with Crippen LogP contribution in [0.1, 0.15) is 25.7 Å². The monoisotopic (exact) mass is 184 g/mol. The Balaban J connectivity index is 1.84. The Hall–Kier alpha value is -0.120. The van der Waals surface area contributed by atoms with Gasteiger partial charge in [-0.25, -0.2) is 0 Å². The standard InChI is InChI=1S/C10H20N2O/c1-13-8-4-6-12-10(7-8)9-3-2-5-11-9/h8-12H,2-7H2,1H3. The van der Waals surface area contributed by atoms with Gasteiger partial charge in [0.1, 0.15) is 0 Å². The number of hydrogen-bond donors (Lipinski definition) is 2. The largest absolute Gasteiger partial charge is 0.381 e. The van der Waals surface area contributed by atoms with Crippen molar-refractivity contribution in [2.75, 3.05) is 20.2 Å². The summed E-state index contributed by atoms with van der Waals surface area (Å²) < 4.78 is 5.41. The third-order valence-electron chi connectivity index (χ3n) is 3.31. The van der Waals surface area contributed by atoms with Crippen LogP contribution in [-0.4, -0.2) is 38.4 Å². The van der Waals surface area contributed by atoms with E-state index in [1.165, 1.54) is 32.2 Å². The molecule has 0 saturated carbocycles. The molecule has 0 aliphatic carbocycles. The minimum atomic E-state index is 0.480. The van der Waals surface area contributed by atoms with Crippen LogP contribution in [0.5, 0.6) is 0 Å². The number of methoxy groups -OCH3 is 1. The second kappa shape index (κ2) is 4.40. The molecule has 0 aromatic rings. The Labute approximate surface area is 80.2 Å². The lowest BCUT2D eigenvalue weighted by Crippen LogP contribution is -2.50. The average Bonchev–Trinajstić information content (AvgIpc) is 2.71. The predicted molar refractivity (Wildman–Crippen MR) is 52.8 cm³/mol. The fourth-order valence-corrected chi connectivity index (χ4v) is 2.49. The summed E-state index contributed by atoms with van der Waals surface area (Å²) in [5.41, 5.74) is 0. The average molecular weight is 184 g/mol. The Bertz CT molecular complexity index is 157. The van der Waals surface area contributed by atoms with Crippen LogP contribution in [0.15, 0.2) is 0 Å². The lowest BCUT2D eigenvalue weighted by molar-refractivity contribution is 0.0568. The van der Waals surface area contributed by atoms with Gasteiger partial charge in [0.25, 0.3) is 0 Å². The highest BCUT2D eigenvalue weighted by Crippen LogP contribution is 2.18. The fourth-order valence-electron chi connectivity index (χ4n) is 2.49. The van der Waals surface area contributed by atoms with E-state index < -0.39 is 0 Å². The normalized spacial score (nSPS) is 40.8. The van der Waals surface area contributed by atoms with Crippen molar-refractivity contribution in [3.8, 4) is 0 Å². The lowest BCUT2D eigenvalue weighted by atomic mass is 9.95. The Kier molecular flexibility index (Phi) is 3.19. The maximum absolute atomic E-state index is 5.41. The highest BCUT2D eigenvalue weighted by Gasteiger charge is 2.29. The van der Waals surface area contributed by atoms with E-state index in [0.29, 0.717) is 18.2 Å².